The topological polar surface area (TPSA) is 103 Å². The zero-order valence-electron chi connectivity index (χ0n) is 23.0. The number of hydrogen-bond donors (Lipinski definition) is 1. The number of carbonyl (C=O) groups is 2. The van der Waals surface area contributed by atoms with E-state index in [0.29, 0.717) is 61.2 Å². The second-order valence-electron chi connectivity index (χ2n) is 8.73. The zero-order valence-corrected chi connectivity index (χ0v) is 23.0. The van der Waals surface area contributed by atoms with Crippen molar-refractivity contribution in [2.75, 3.05) is 60.0 Å². The van der Waals surface area contributed by atoms with Gasteiger partial charge in [-0.05, 0) is 54.8 Å². The molecule has 3 amide bonds. The fourth-order valence-electron chi connectivity index (χ4n) is 4.04. The number of ether oxygens (including phenoxy) is 4. The van der Waals surface area contributed by atoms with Crippen molar-refractivity contribution in [1.29, 1.82) is 0 Å². The van der Waals surface area contributed by atoms with Gasteiger partial charge in [-0.1, -0.05) is 18.2 Å². The van der Waals surface area contributed by atoms with Gasteiger partial charge in [-0.15, -0.1) is 0 Å². The molecular weight excluding hydrogens is 502 g/mol. The van der Waals surface area contributed by atoms with Crippen molar-refractivity contribution < 1.29 is 33.0 Å². The van der Waals surface area contributed by atoms with Crippen LogP contribution in [-0.4, -0.2) is 76.4 Å². The third-order valence-electron chi connectivity index (χ3n) is 6.14. The molecule has 3 aromatic rings. The standard InChI is InChI=1S/C29H37N3O7/c1-35-17-8-15-32(29(34)30-24-10-5-6-11-25(24)36-2)21-28(33)31(20-23-9-7-18-39-23)16-14-22-12-13-26(37-3)27(19-22)38-4/h5-7,9-13,18-19H,8,14-17,20-21H2,1-4H3,(H,30,34). The predicted molar refractivity (Wildman–Crippen MR) is 147 cm³/mol. The van der Waals surface area contributed by atoms with Crippen LogP contribution in [0.1, 0.15) is 17.7 Å². The molecule has 10 heteroatoms. The minimum atomic E-state index is -0.401. The van der Waals surface area contributed by atoms with Gasteiger partial charge in [0.25, 0.3) is 0 Å². The first-order chi connectivity index (χ1) is 19.0. The molecule has 0 spiro atoms. The molecule has 0 aliphatic heterocycles. The Morgan fingerprint density at radius 3 is 2.31 bits per heavy atom. The lowest BCUT2D eigenvalue weighted by atomic mass is 10.1. The van der Waals surface area contributed by atoms with Crippen LogP contribution in [0.15, 0.2) is 65.3 Å². The molecule has 1 N–H and O–H groups in total. The van der Waals surface area contributed by atoms with Crippen LogP contribution < -0.4 is 19.5 Å². The predicted octanol–water partition coefficient (Wildman–Crippen LogP) is 4.45. The van der Waals surface area contributed by atoms with Gasteiger partial charge in [0.1, 0.15) is 18.1 Å². The number of benzene rings is 2. The molecule has 0 saturated carbocycles. The quantitative estimate of drug-likeness (QED) is 0.285. The van der Waals surface area contributed by atoms with Crippen molar-refractivity contribution in [3.05, 3.63) is 72.2 Å². The molecule has 0 radical (unpaired) electrons. The molecule has 10 nitrogen and oxygen atoms in total. The Kier molecular flexibility index (Phi) is 11.5. The average molecular weight is 540 g/mol. The molecule has 1 aromatic heterocycles. The van der Waals surface area contributed by atoms with Crippen molar-refractivity contribution in [2.45, 2.75) is 19.4 Å². The van der Waals surface area contributed by atoms with Gasteiger partial charge in [0, 0.05) is 26.8 Å². The van der Waals surface area contributed by atoms with E-state index < -0.39 is 6.03 Å². The van der Waals surface area contributed by atoms with E-state index in [9.17, 15) is 9.59 Å². The van der Waals surface area contributed by atoms with Crippen LogP contribution in [0.5, 0.6) is 17.2 Å². The Hall–Kier alpha value is -4.18. The molecule has 3 rings (SSSR count). The first kappa shape index (κ1) is 29.4. The number of nitrogens with one attached hydrogen (secondary N) is 1. The largest absolute Gasteiger partial charge is 0.495 e. The Morgan fingerprint density at radius 1 is 0.846 bits per heavy atom. The van der Waals surface area contributed by atoms with Crippen LogP contribution in [-0.2, 0) is 22.5 Å². The van der Waals surface area contributed by atoms with Crippen molar-refractivity contribution in [3.8, 4) is 17.2 Å². The summed E-state index contributed by atoms with van der Waals surface area (Å²) in [6.45, 7) is 1.37. The highest BCUT2D eigenvalue weighted by Crippen LogP contribution is 2.28. The summed E-state index contributed by atoms with van der Waals surface area (Å²) >= 11 is 0. The maximum absolute atomic E-state index is 13.6. The van der Waals surface area contributed by atoms with E-state index in [1.165, 1.54) is 12.0 Å². The lowest BCUT2D eigenvalue weighted by molar-refractivity contribution is -0.132. The number of urea groups is 1. The molecular formula is C29H37N3O7. The second-order valence-corrected chi connectivity index (χ2v) is 8.73. The fourth-order valence-corrected chi connectivity index (χ4v) is 4.04. The minimum Gasteiger partial charge on any atom is -0.495 e. The van der Waals surface area contributed by atoms with E-state index in [0.717, 1.165) is 5.56 Å². The molecule has 0 fully saturated rings. The lowest BCUT2D eigenvalue weighted by Crippen LogP contribution is -2.45. The number of rotatable bonds is 15. The highest BCUT2D eigenvalue weighted by Gasteiger charge is 2.23. The Balaban J connectivity index is 1.75. The summed E-state index contributed by atoms with van der Waals surface area (Å²) in [4.78, 5) is 30.0. The number of methoxy groups -OCH3 is 4. The minimum absolute atomic E-state index is 0.114. The third kappa shape index (κ3) is 8.68. The van der Waals surface area contributed by atoms with Gasteiger partial charge < -0.3 is 38.5 Å². The van der Waals surface area contributed by atoms with Gasteiger partial charge >= 0.3 is 6.03 Å². The second kappa shape index (κ2) is 15.3. The van der Waals surface area contributed by atoms with Gasteiger partial charge in [0.2, 0.25) is 5.91 Å². The number of carbonyl (C=O) groups excluding carboxylic acids is 2. The molecule has 0 unspecified atom stereocenters. The van der Waals surface area contributed by atoms with Crippen LogP contribution in [0.2, 0.25) is 0 Å². The average Bonchev–Trinajstić information content (AvgIpc) is 3.48. The van der Waals surface area contributed by atoms with E-state index in [2.05, 4.69) is 5.32 Å². The smallest absolute Gasteiger partial charge is 0.322 e. The van der Waals surface area contributed by atoms with Crippen LogP contribution in [0.4, 0.5) is 10.5 Å². The van der Waals surface area contributed by atoms with Crippen LogP contribution in [0.3, 0.4) is 0 Å². The highest BCUT2D eigenvalue weighted by molar-refractivity contribution is 5.93. The van der Waals surface area contributed by atoms with Gasteiger partial charge in [-0.3, -0.25) is 4.79 Å². The van der Waals surface area contributed by atoms with Crippen molar-refractivity contribution >= 4 is 17.6 Å². The summed E-state index contributed by atoms with van der Waals surface area (Å²) in [6, 6.07) is 16.0. The Labute approximate surface area is 229 Å². The third-order valence-corrected chi connectivity index (χ3v) is 6.14. The Morgan fingerprint density at radius 2 is 1.62 bits per heavy atom. The first-order valence-electron chi connectivity index (χ1n) is 12.7. The van der Waals surface area contributed by atoms with Crippen LogP contribution in [0.25, 0.3) is 0 Å². The number of amides is 3. The molecule has 210 valence electrons. The van der Waals surface area contributed by atoms with E-state index in [-0.39, 0.29) is 19.0 Å². The summed E-state index contributed by atoms with van der Waals surface area (Å²) < 4.78 is 26.8. The maximum atomic E-state index is 13.6. The summed E-state index contributed by atoms with van der Waals surface area (Å²) in [5.74, 6) is 2.23. The van der Waals surface area contributed by atoms with Gasteiger partial charge in [0.15, 0.2) is 11.5 Å². The monoisotopic (exact) mass is 539 g/mol. The molecule has 0 aliphatic carbocycles. The van der Waals surface area contributed by atoms with Crippen LogP contribution in [0, 0.1) is 0 Å². The summed E-state index contributed by atoms with van der Waals surface area (Å²) in [7, 11) is 6.31. The molecule has 2 aromatic carbocycles. The Bertz CT molecular complexity index is 1180. The number of furan rings is 1. The molecule has 0 bridgehead atoms. The summed E-state index contributed by atoms with van der Waals surface area (Å²) in [6.07, 6.45) is 2.72. The normalized spacial score (nSPS) is 10.6. The fraction of sp³-hybridized carbons (Fsp3) is 0.379. The zero-order chi connectivity index (χ0) is 28.0. The van der Waals surface area contributed by atoms with E-state index in [1.54, 1.807) is 56.8 Å². The molecule has 0 saturated heterocycles. The maximum Gasteiger partial charge on any atom is 0.322 e. The number of nitrogens with zero attached hydrogens (tertiary/aromatic N) is 2. The van der Waals surface area contributed by atoms with E-state index >= 15 is 0 Å². The highest BCUT2D eigenvalue weighted by atomic mass is 16.5. The van der Waals surface area contributed by atoms with Crippen molar-refractivity contribution in [2.24, 2.45) is 0 Å². The van der Waals surface area contributed by atoms with E-state index in [1.807, 2.05) is 30.3 Å². The molecule has 0 atom stereocenters. The summed E-state index contributed by atoms with van der Waals surface area (Å²) in [5, 5.41) is 2.87. The van der Waals surface area contributed by atoms with Crippen LogP contribution >= 0.6 is 0 Å². The van der Waals surface area contributed by atoms with Gasteiger partial charge in [-0.2, -0.15) is 0 Å². The molecule has 39 heavy (non-hydrogen) atoms. The number of hydrogen-bond acceptors (Lipinski definition) is 7. The van der Waals surface area contributed by atoms with Gasteiger partial charge in [-0.25, -0.2) is 4.79 Å². The summed E-state index contributed by atoms with van der Waals surface area (Å²) in [5.41, 5.74) is 1.51. The van der Waals surface area contributed by atoms with Gasteiger partial charge in [0.05, 0.1) is 39.8 Å². The van der Waals surface area contributed by atoms with Crippen molar-refractivity contribution in [1.82, 2.24) is 9.80 Å². The molecule has 0 aliphatic rings. The molecule has 1 heterocycles. The first-order valence-corrected chi connectivity index (χ1v) is 12.7. The van der Waals surface area contributed by atoms with E-state index in [4.69, 9.17) is 23.4 Å². The SMILES string of the molecule is COCCCN(CC(=O)N(CCc1ccc(OC)c(OC)c1)Cc1ccco1)C(=O)Nc1ccccc1OC. The lowest BCUT2D eigenvalue weighted by Gasteiger charge is -2.28. The van der Waals surface area contributed by atoms with Crippen molar-refractivity contribution in [3.63, 3.8) is 0 Å². The number of anilines is 1. The number of para-hydroxylation sites is 2.